The largest absolute Gasteiger partial charge is 0.338 e. The van der Waals surface area contributed by atoms with E-state index in [0.29, 0.717) is 11.5 Å². The lowest BCUT2D eigenvalue weighted by molar-refractivity contribution is 0.625. The van der Waals surface area contributed by atoms with Crippen LogP contribution in [0.5, 0.6) is 0 Å². The highest BCUT2D eigenvalue weighted by molar-refractivity contribution is 5.55. The Hall–Kier alpha value is -1.97. The Morgan fingerprint density at radius 2 is 2.07 bits per heavy atom. The predicted molar refractivity (Wildman–Crippen MR) is 56.2 cm³/mol. The van der Waals surface area contributed by atoms with Gasteiger partial charge in [-0.05, 0) is 24.6 Å². The fourth-order valence-electron chi connectivity index (χ4n) is 1.11. The van der Waals surface area contributed by atoms with Crippen molar-refractivity contribution >= 4 is 11.5 Å². The van der Waals surface area contributed by atoms with Gasteiger partial charge in [0.05, 0.1) is 11.9 Å². The van der Waals surface area contributed by atoms with E-state index in [2.05, 4.69) is 22.2 Å². The average Bonchev–Trinajstić information content (AvgIpc) is 2.25. The highest BCUT2D eigenvalue weighted by atomic mass is 19.1. The van der Waals surface area contributed by atoms with Crippen molar-refractivity contribution in [1.82, 2.24) is 9.97 Å². The smallest absolute Gasteiger partial charge is 0.164 e. The summed E-state index contributed by atoms with van der Waals surface area (Å²) in [5.41, 5.74) is 1.17. The first-order valence-corrected chi connectivity index (χ1v) is 4.40. The molecule has 0 aliphatic carbocycles. The van der Waals surface area contributed by atoms with Gasteiger partial charge in [-0.3, -0.25) is 4.98 Å². The number of nitrogens with one attached hydrogen (secondary N) is 1. The highest BCUT2D eigenvalue weighted by Gasteiger charge is 2.01. The molecule has 0 spiro atoms. The second kappa shape index (κ2) is 4.04. The molecule has 0 saturated heterocycles. The molecule has 75 valence electrons. The molecule has 2 aromatic heterocycles. The molecule has 15 heavy (non-hydrogen) atoms. The molecule has 0 saturated carbocycles. The van der Waals surface area contributed by atoms with Gasteiger partial charge in [0.2, 0.25) is 0 Å². The molecule has 4 heteroatoms. The Morgan fingerprint density at radius 1 is 1.20 bits per heavy atom. The minimum absolute atomic E-state index is 0.356. The van der Waals surface area contributed by atoms with Crippen LogP contribution in [0.25, 0.3) is 0 Å². The Bertz CT molecular complexity index is 454. The third-order valence-electron chi connectivity index (χ3n) is 1.86. The standard InChI is InChI=1S/C11H9FN3/c1-8-2-3-11(14-6-8)15-10-4-5-13-7-9(10)12/h2-7H,1H2,(H,13,14,15). The van der Waals surface area contributed by atoms with Crippen molar-refractivity contribution in [3.63, 3.8) is 0 Å². The quantitative estimate of drug-likeness (QED) is 0.813. The van der Waals surface area contributed by atoms with Crippen LogP contribution >= 0.6 is 0 Å². The van der Waals surface area contributed by atoms with E-state index < -0.39 is 5.82 Å². The number of hydrogen-bond acceptors (Lipinski definition) is 3. The number of hydrogen-bond donors (Lipinski definition) is 1. The maximum absolute atomic E-state index is 13.2. The molecule has 0 aliphatic rings. The molecular weight excluding hydrogens is 193 g/mol. The first-order chi connectivity index (χ1) is 7.25. The molecule has 0 unspecified atom stereocenters. The van der Waals surface area contributed by atoms with Gasteiger partial charge in [-0.25, -0.2) is 9.37 Å². The molecule has 0 amide bonds. The minimum Gasteiger partial charge on any atom is -0.338 e. The van der Waals surface area contributed by atoms with Gasteiger partial charge < -0.3 is 5.32 Å². The van der Waals surface area contributed by atoms with Crippen LogP contribution in [0, 0.1) is 12.7 Å². The zero-order chi connectivity index (χ0) is 10.7. The third kappa shape index (κ3) is 2.28. The summed E-state index contributed by atoms with van der Waals surface area (Å²) in [6.45, 7) is 3.71. The third-order valence-corrected chi connectivity index (χ3v) is 1.86. The van der Waals surface area contributed by atoms with Crippen LogP contribution in [0.3, 0.4) is 0 Å². The van der Waals surface area contributed by atoms with Crippen LogP contribution in [0.15, 0.2) is 36.8 Å². The summed E-state index contributed by atoms with van der Waals surface area (Å²) in [5, 5.41) is 2.85. The fourth-order valence-corrected chi connectivity index (χ4v) is 1.11. The van der Waals surface area contributed by atoms with Crippen LogP contribution in [0.4, 0.5) is 15.9 Å². The summed E-state index contributed by atoms with van der Waals surface area (Å²) < 4.78 is 13.2. The molecule has 2 aromatic rings. The number of rotatable bonds is 2. The van der Waals surface area contributed by atoms with Crippen molar-refractivity contribution in [1.29, 1.82) is 0 Å². The Balaban J connectivity index is 2.22. The summed E-state index contributed by atoms with van der Waals surface area (Å²) in [6.07, 6.45) is 4.28. The van der Waals surface area contributed by atoms with Crippen molar-refractivity contribution in [3.8, 4) is 0 Å². The summed E-state index contributed by atoms with van der Waals surface area (Å²) in [5.74, 6) is 0.172. The Labute approximate surface area is 87.0 Å². The van der Waals surface area contributed by atoms with E-state index in [1.54, 1.807) is 24.4 Å². The van der Waals surface area contributed by atoms with Crippen molar-refractivity contribution in [2.24, 2.45) is 0 Å². The van der Waals surface area contributed by atoms with E-state index in [1.807, 2.05) is 0 Å². The molecule has 2 heterocycles. The number of pyridine rings is 2. The van der Waals surface area contributed by atoms with Crippen LogP contribution < -0.4 is 5.32 Å². The molecule has 3 nitrogen and oxygen atoms in total. The van der Waals surface area contributed by atoms with Gasteiger partial charge in [0.1, 0.15) is 5.82 Å². The first-order valence-electron chi connectivity index (χ1n) is 4.40. The van der Waals surface area contributed by atoms with Gasteiger partial charge in [0.15, 0.2) is 5.82 Å². The number of anilines is 2. The monoisotopic (exact) mass is 202 g/mol. The van der Waals surface area contributed by atoms with Crippen molar-refractivity contribution in [2.75, 3.05) is 5.32 Å². The van der Waals surface area contributed by atoms with Gasteiger partial charge in [0.25, 0.3) is 0 Å². The highest BCUT2D eigenvalue weighted by Crippen LogP contribution is 2.16. The van der Waals surface area contributed by atoms with Crippen molar-refractivity contribution < 1.29 is 4.39 Å². The number of aromatic nitrogens is 2. The molecular formula is C11H9FN3. The van der Waals surface area contributed by atoms with Crippen LogP contribution in [0.1, 0.15) is 5.56 Å². The molecule has 1 radical (unpaired) electrons. The summed E-state index contributed by atoms with van der Waals surface area (Å²) in [6, 6.07) is 5.09. The van der Waals surface area contributed by atoms with Gasteiger partial charge in [0, 0.05) is 12.4 Å². The van der Waals surface area contributed by atoms with E-state index in [9.17, 15) is 4.39 Å². The van der Waals surface area contributed by atoms with E-state index in [4.69, 9.17) is 0 Å². The molecule has 2 rings (SSSR count). The zero-order valence-corrected chi connectivity index (χ0v) is 7.94. The molecule has 1 N–H and O–H groups in total. The maximum Gasteiger partial charge on any atom is 0.164 e. The van der Waals surface area contributed by atoms with Gasteiger partial charge in [-0.15, -0.1) is 0 Å². The van der Waals surface area contributed by atoms with Crippen LogP contribution in [-0.4, -0.2) is 9.97 Å². The second-order valence-electron chi connectivity index (χ2n) is 3.03. The molecule has 0 atom stereocenters. The van der Waals surface area contributed by atoms with E-state index >= 15 is 0 Å². The predicted octanol–water partition coefficient (Wildman–Crippen LogP) is 2.54. The number of halogens is 1. The van der Waals surface area contributed by atoms with E-state index in [-0.39, 0.29) is 0 Å². The molecule has 0 aliphatic heterocycles. The van der Waals surface area contributed by atoms with E-state index in [1.165, 1.54) is 6.20 Å². The van der Waals surface area contributed by atoms with Crippen LogP contribution in [-0.2, 0) is 0 Å². The lowest BCUT2D eigenvalue weighted by atomic mass is 10.3. The SMILES string of the molecule is [CH2]c1ccc(Nc2ccncc2F)nc1. The lowest BCUT2D eigenvalue weighted by Crippen LogP contribution is -1.96. The normalized spacial score (nSPS) is 10.0. The Morgan fingerprint density at radius 3 is 2.73 bits per heavy atom. The topological polar surface area (TPSA) is 37.8 Å². The summed E-state index contributed by atoms with van der Waals surface area (Å²) >= 11 is 0. The number of nitrogens with zero attached hydrogens (tertiary/aromatic N) is 2. The molecule has 0 aromatic carbocycles. The molecule has 0 bridgehead atoms. The maximum atomic E-state index is 13.2. The van der Waals surface area contributed by atoms with Crippen molar-refractivity contribution in [3.05, 3.63) is 55.1 Å². The fraction of sp³-hybridized carbons (Fsp3) is 0. The summed E-state index contributed by atoms with van der Waals surface area (Å²) in [4.78, 5) is 7.71. The van der Waals surface area contributed by atoms with Gasteiger partial charge in [-0.1, -0.05) is 6.07 Å². The summed E-state index contributed by atoms with van der Waals surface area (Å²) in [7, 11) is 0. The second-order valence-corrected chi connectivity index (χ2v) is 3.03. The van der Waals surface area contributed by atoms with Gasteiger partial charge >= 0.3 is 0 Å². The van der Waals surface area contributed by atoms with Crippen LogP contribution in [0.2, 0.25) is 0 Å². The van der Waals surface area contributed by atoms with E-state index in [0.717, 1.165) is 11.8 Å². The zero-order valence-electron chi connectivity index (χ0n) is 7.94. The van der Waals surface area contributed by atoms with Crippen molar-refractivity contribution in [2.45, 2.75) is 0 Å². The minimum atomic E-state index is -0.405. The molecule has 0 fully saturated rings. The van der Waals surface area contributed by atoms with Gasteiger partial charge in [-0.2, -0.15) is 0 Å². The Kier molecular flexibility index (Phi) is 2.58. The lowest BCUT2D eigenvalue weighted by Gasteiger charge is -2.05. The first kappa shape index (κ1) is 9.58. The average molecular weight is 202 g/mol.